The fraction of sp³-hybridized carbons (Fsp3) is 0.111. The average Bonchev–Trinajstić information content (AvgIpc) is 2.15. The van der Waals surface area contributed by atoms with E-state index in [-0.39, 0.29) is 11.8 Å². The molecule has 0 atom stereocenters. The van der Waals surface area contributed by atoms with Crippen LogP contribution in [0.3, 0.4) is 0 Å². The number of aromatic hydroxyl groups is 1. The lowest BCUT2D eigenvalue weighted by atomic mass is 10.1. The van der Waals surface area contributed by atoms with Crippen molar-refractivity contribution in [3.63, 3.8) is 0 Å². The van der Waals surface area contributed by atoms with Gasteiger partial charge in [0, 0.05) is 5.56 Å². The Balaban J connectivity index is 3.14. The minimum Gasteiger partial charge on any atom is -0.507 e. The number of carbonyl (C=O) groups is 2. The fourth-order valence-corrected chi connectivity index (χ4v) is 0.948. The number of rotatable bonds is 2. The molecule has 15 heavy (non-hydrogen) atoms. The molecule has 0 heterocycles. The molecule has 0 spiro atoms. The summed E-state index contributed by atoms with van der Waals surface area (Å²) in [7, 11) is 0. The largest absolute Gasteiger partial charge is 0.507 e. The zero-order valence-corrected chi connectivity index (χ0v) is 7.21. The van der Waals surface area contributed by atoms with Crippen molar-refractivity contribution in [1.82, 2.24) is 0 Å². The van der Waals surface area contributed by atoms with E-state index in [0.717, 1.165) is 12.1 Å². The molecule has 0 aliphatic carbocycles. The summed E-state index contributed by atoms with van der Waals surface area (Å²) in [6.45, 7) is 0. The van der Waals surface area contributed by atoms with Crippen molar-refractivity contribution in [3.8, 4) is 5.75 Å². The first kappa shape index (κ1) is 11.2. The molecule has 80 valence electrons. The number of ketones is 1. The highest BCUT2D eigenvalue weighted by atomic mass is 19.4. The second kappa shape index (κ2) is 3.72. The fourth-order valence-electron chi connectivity index (χ4n) is 0.948. The van der Waals surface area contributed by atoms with Gasteiger partial charge < -0.3 is 5.11 Å². The zero-order valence-electron chi connectivity index (χ0n) is 7.21. The SMILES string of the molecule is O=Cc1ccc(C(=O)C(F)(F)F)cc1O. The molecule has 0 amide bonds. The number of Topliss-reactive ketones (excluding diaryl/α,β-unsaturated/α-hetero) is 1. The van der Waals surface area contributed by atoms with Crippen LogP contribution in [0.15, 0.2) is 18.2 Å². The van der Waals surface area contributed by atoms with Gasteiger partial charge in [-0.2, -0.15) is 13.2 Å². The summed E-state index contributed by atoms with van der Waals surface area (Å²) >= 11 is 0. The van der Waals surface area contributed by atoms with Crippen LogP contribution in [0.1, 0.15) is 20.7 Å². The highest BCUT2D eigenvalue weighted by Gasteiger charge is 2.39. The summed E-state index contributed by atoms with van der Waals surface area (Å²) in [5.41, 5.74) is -0.876. The number of alkyl halides is 3. The number of benzene rings is 1. The standard InChI is InChI=1S/C9H5F3O3/c10-9(11,12)8(15)5-1-2-6(4-13)7(14)3-5/h1-4,14H. The van der Waals surface area contributed by atoms with Crippen molar-refractivity contribution in [2.45, 2.75) is 6.18 Å². The van der Waals surface area contributed by atoms with Gasteiger partial charge in [0.1, 0.15) is 5.75 Å². The predicted molar refractivity (Wildman–Crippen MR) is 43.9 cm³/mol. The lowest BCUT2D eigenvalue weighted by Crippen LogP contribution is -2.22. The summed E-state index contributed by atoms with van der Waals surface area (Å²) in [6.07, 6.45) is -4.72. The molecule has 0 bridgehead atoms. The van der Waals surface area contributed by atoms with Gasteiger partial charge >= 0.3 is 6.18 Å². The first-order valence-electron chi connectivity index (χ1n) is 3.76. The zero-order chi connectivity index (χ0) is 11.6. The van der Waals surface area contributed by atoms with Crippen LogP contribution < -0.4 is 0 Å². The maximum Gasteiger partial charge on any atom is 0.454 e. The van der Waals surface area contributed by atoms with Crippen molar-refractivity contribution >= 4 is 12.1 Å². The molecule has 1 aromatic carbocycles. The van der Waals surface area contributed by atoms with E-state index in [1.165, 1.54) is 0 Å². The van der Waals surface area contributed by atoms with Crippen LogP contribution in [0.25, 0.3) is 0 Å². The second-order valence-corrected chi connectivity index (χ2v) is 2.72. The van der Waals surface area contributed by atoms with Gasteiger partial charge in [0.2, 0.25) is 0 Å². The van der Waals surface area contributed by atoms with Crippen LogP contribution in [0, 0.1) is 0 Å². The van der Waals surface area contributed by atoms with E-state index in [9.17, 15) is 22.8 Å². The lowest BCUT2D eigenvalue weighted by molar-refractivity contribution is -0.0885. The average molecular weight is 218 g/mol. The number of hydrogen-bond acceptors (Lipinski definition) is 3. The molecule has 0 aliphatic heterocycles. The first-order chi connectivity index (χ1) is 6.86. The highest BCUT2D eigenvalue weighted by Crippen LogP contribution is 2.24. The summed E-state index contributed by atoms with van der Waals surface area (Å²) in [5.74, 6) is -2.71. The number of halogens is 3. The lowest BCUT2D eigenvalue weighted by Gasteiger charge is -2.05. The minimum atomic E-state index is -4.99. The molecular weight excluding hydrogens is 213 g/mol. The molecule has 6 heteroatoms. The molecule has 0 radical (unpaired) electrons. The van der Waals surface area contributed by atoms with Crippen LogP contribution in [0.2, 0.25) is 0 Å². The predicted octanol–water partition coefficient (Wildman–Crippen LogP) is 1.95. The molecule has 0 aliphatic rings. The molecule has 0 unspecified atom stereocenters. The molecule has 1 rings (SSSR count). The summed E-state index contributed by atoms with van der Waals surface area (Å²) in [6, 6.07) is 2.39. The van der Waals surface area contributed by atoms with Gasteiger partial charge in [-0.15, -0.1) is 0 Å². The molecule has 0 fully saturated rings. The van der Waals surface area contributed by atoms with E-state index >= 15 is 0 Å². The van der Waals surface area contributed by atoms with E-state index in [1.807, 2.05) is 0 Å². The third kappa shape index (κ3) is 2.34. The normalized spacial score (nSPS) is 11.1. The number of phenolic OH excluding ortho intramolecular Hbond substituents is 1. The van der Waals surface area contributed by atoms with Gasteiger partial charge in [-0.05, 0) is 12.1 Å². The summed E-state index contributed by atoms with van der Waals surface area (Å²) in [5, 5.41) is 9.06. The molecule has 0 saturated heterocycles. The molecule has 1 aromatic rings. The van der Waals surface area contributed by atoms with E-state index in [2.05, 4.69) is 0 Å². The van der Waals surface area contributed by atoms with Gasteiger partial charge in [0.05, 0.1) is 5.56 Å². The van der Waals surface area contributed by atoms with Crippen LogP contribution in [-0.2, 0) is 0 Å². The maximum absolute atomic E-state index is 11.9. The Bertz CT molecular complexity index is 410. The van der Waals surface area contributed by atoms with Crippen LogP contribution >= 0.6 is 0 Å². The van der Waals surface area contributed by atoms with Gasteiger partial charge in [-0.3, -0.25) is 9.59 Å². The topological polar surface area (TPSA) is 54.4 Å². The molecular formula is C9H5F3O3. The van der Waals surface area contributed by atoms with E-state index in [4.69, 9.17) is 5.11 Å². The van der Waals surface area contributed by atoms with Crippen LogP contribution in [-0.4, -0.2) is 23.4 Å². The molecule has 0 aromatic heterocycles. The number of phenols is 1. The Hall–Kier alpha value is -1.85. The van der Waals surface area contributed by atoms with E-state index < -0.39 is 23.3 Å². The highest BCUT2D eigenvalue weighted by molar-refractivity contribution is 6.01. The number of aldehydes is 1. The first-order valence-corrected chi connectivity index (χ1v) is 3.76. The quantitative estimate of drug-likeness (QED) is 0.609. The summed E-state index contributed by atoms with van der Waals surface area (Å²) < 4.78 is 35.8. The van der Waals surface area contributed by atoms with Crippen molar-refractivity contribution in [2.75, 3.05) is 0 Å². The van der Waals surface area contributed by atoms with Gasteiger partial charge in [-0.25, -0.2) is 0 Å². The number of hydrogen-bond donors (Lipinski definition) is 1. The van der Waals surface area contributed by atoms with Crippen molar-refractivity contribution in [1.29, 1.82) is 0 Å². The number of carbonyl (C=O) groups excluding carboxylic acids is 2. The van der Waals surface area contributed by atoms with Gasteiger partial charge in [0.25, 0.3) is 5.78 Å². The Kier molecular flexibility index (Phi) is 2.78. The third-order valence-electron chi connectivity index (χ3n) is 1.68. The van der Waals surface area contributed by atoms with Gasteiger partial charge in [0.15, 0.2) is 6.29 Å². The van der Waals surface area contributed by atoms with Gasteiger partial charge in [-0.1, -0.05) is 6.07 Å². The third-order valence-corrected chi connectivity index (χ3v) is 1.68. The second-order valence-electron chi connectivity index (χ2n) is 2.72. The Morgan fingerprint density at radius 3 is 2.33 bits per heavy atom. The minimum absolute atomic E-state index is 0.172. The van der Waals surface area contributed by atoms with Crippen molar-refractivity contribution < 1.29 is 27.9 Å². The molecule has 0 saturated carbocycles. The van der Waals surface area contributed by atoms with Crippen molar-refractivity contribution in [2.24, 2.45) is 0 Å². The van der Waals surface area contributed by atoms with E-state index in [0.29, 0.717) is 6.07 Å². The Morgan fingerprint density at radius 2 is 1.93 bits per heavy atom. The van der Waals surface area contributed by atoms with Crippen LogP contribution in [0.5, 0.6) is 5.75 Å². The smallest absolute Gasteiger partial charge is 0.454 e. The molecule has 3 nitrogen and oxygen atoms in total. The Labute approximate surface area is 82.1 Å². The Morgan fingerprint density at radius 1 is 1.33 bits per heavy atom. The monoisotopic (exact) mass is 218 g/mol. The molecule has 1 N–H and O–H groups in total. The summed E-state index contributed by atoms with van der Waals surface area (Å²) in [4.78, 5) is 20.9. The maximum atomic E-state index is 11.9. The van der Waals surface area contributed by atoms with Crippen molar-refractivity contribution in [3.05, 3.63) is 29.3 Å². The van der Waals surface area contributed by atoms with Crippen LogP contribution in [0.4, 0.5) is 13.2 Å². The van der Waals surface area contributed by atoms with E-state index in [1.54, 1.807) is 0 Å².